The molecule has 0 radical (unpaired) electrons. The Labute approximate surface area is 135 Å². The molecule has 2 unspecified atom stereocenters. The van der Waals surface area contributed by atoms with Crippen LogP contribution in [0.3, 0.4) is 0 Å². The van der Waals surface area contributed by atoms with Gasteiger partial charge in [-0.05, 0) is 36.2 Å². The number of benzene rings is 2. The number of halogens is 2. The Morgan fingerprint density at radius 1 is 1.13 bits per heavy atom. The van der Waals surface area contributed by atoms with E-state index in [4.69, 9.17) is 10.5 Å². The number of fused-ring (bicyclic) bond motifs is 3. The maximum Gasteiger partial charge on any atom is 0.295 e. The Hall–Kier alpha value is -1.55. The molecule has 0 saturated carbocycles. The second-order valence-electron chi connectivity index (χ2n) is 5.58. The van der Waals surface area contributed by atoms with Crippen molar-refractivity contribution in [2.24, 2.45) is 5.73 Å². The van der Waals surface area contributed by atoms with Crippen molar-refractivity contribution in [3.63, 3.8) is 0 Å². The number of aliphatic hydroxyl groups is 1. The largest absolute Gasteiger partial charge is 0.494 e. The van der Waals surface area contributed by atoms with Gasteiger partial charge >= 0.3 is 0 Å². The van der Waals surface area contributed by atoms with Crippen molar-refractivity contribution in [2.75, 3.05) is 13.2 Å². The van der Waals surface area contributed by atoms with Crippen LogP contribution in [0.2, 0.25) is 0 Å². The summed E-state index contributed by atoms with van der Waals surface area (Å²) in [6.07, 6.45) is 0.668. The topological polar surface area (TPSA) is 55.5 Å². The van der Waals surface area contributed by atoms with Crippen LogP contribution in [0.4, 0.5) is 8.78 Å². The van der Waals surface area contributed by atoms with Gasteiger partial charge in [0.1, 0.15) is 5.75 Å². The summed E-state index contributed by atoms with van der Waals surface area (Å²) in [5.74, 6) is 0.442. The van der Waals surface area contributed by atoms with Crippen LogP contribution in [0.1, 0.15) is 17.5 Å². The zero-order valence-electron chi connectivity index (χ0n) is 12.4. The molecule has 6 heteroatoms. The quantitative estimate of drug-likeness (QED) is 0.651. The molecule has 0 aromatic heterocycles. The van der Waals surface area contributed by atoms with E-state index in [1.54, 1.807) is 30.3 Å². The predicted molar refractivity (Wildman–Crippen MR) is 88.7 cm³/mol. The summed E-state index contributed by atoms with van der Waals surface area (Å²) in [7, 11) is 1.45. The van der Waals surface area contributed by atoms with Crippen molar-refractivity contribution in [2.45, 2.75) is 17.7 Å². The summed E-state index contributed by atoms with van der Waals surface area (Å²) in [5.41, 5.74) is 1.18. The third-order valence-corrected chi connectivity index (χ3v) is 4.51. The highest BCUT2D eigenvalue weighted by Gasteiger charge is 2.56. The van der Waals surface area contributed by atoms with Crippen molar-refractivity contribution < 1.29 is 18.6 Å². The van der Waals surface area contributed by atoms with E-state index in [1.807, 2.05) is 0 Å². The lowest BCUT2D eigenvalue weighted by Gasteiger charge is -2.31. The van der Waals surface area contributed by atoms with E-state index < -0.39 is 11.3 Å². The molecule has 0 fully saturated rings. The molecule has 2 aromatic carbocycles. The van der Waals surface area contributed by atoms with Crippen LogP contribution in [0.25, 0.3) is 11.1 Å². The lowest BCUT2D eigenvalue weighted by molar-refractivity contribution is -0.0964. The first kappa shape index (κ1) is 16.3. The van der Waals surface area contributed by atoms with Gasteiger partial charge in [0.25, 0.3) is 5.66 Å². The van der Waals surface area contributed by atoms with Gasteiger partial charge in [-0.15, -0.1) is 0 Å². The first-order valence-corrected chi connectivity index (χ1v) is 7.93. The fraction of sp³-hybridized carbons (Fsp3) is 0.294. The van der Waals surface area contributed by atoms with E-state index in [0.717, 1.165) is 0 Å². The third-order valence-electron chi connectivity index (χ3n) is 4.09. The average Bonchev–Trinajstić information content (AvgIpc) is 2.78. The zero-order valence-corrected chi connectivity index (χ0v) is 13.6. The van der Waals surface area contributed by atoms with Crippen LogP contribution >= 0.6 is 9.24 Å². The second-order valence-corrected chi connectivity index (χ2v) is 6.30. The number of hydrogen-bond acceptors (Lipinski definition) is 3. The standard InChI is InChI=1S/C17H18F2NO2P/c18-17(19,23)16(21)14-5-2-1-4-12(14)13-7-6-11(10-15(13)16)22-9-3-8-20/h1-2,4-7,10,21H,3,8-9,20,23H2. The molecule has 23 heavy (non-hydrogen) atoms. The van der Waals surface area contributed by atoms with Crippen LogP contribution in [-0.2, 0) is 5.60 Å². The molecule has 0 saturated heterocycles. The van der Waals surface area contributed by atoms with E-state index in [0.29, 0.717) is 36.4 Å². The minimum Gasteiger partial charge on any atom is -0.494 e. The molecule has 0 amide bonds. The van der Waals surface area contributed by atoms with E-state index >= 15 is 0 Å². The van der Waals surface area contributed by atoms with Crippen LogP contribution in [0.15, 0.2) is 42.5 Å². The number of alkyl halides is 2. The van der Waals surface area contributed by atoms with E-state index in [1.165, 1.54) is 21.4 Å². The SMILES string of the molecule is NCCCOc1ccc2c(c1)C(O)(C(F)(F)P)c1ccccc1-2. The zero-order chi connectivity index (χ0) is 16.7. The molecule has 1 aliphatic rings. The highest BCUT2D eigenvalue weighted by Crippen LogP contribution is 2.57. The molecule has 0 bridgehead atoms. The fourth-order valence-electron chi connectivity index (χ4n) is 2.96. The van der Waals surface area contributed by atoms with Gasteiger partial charge in [0.05, 0.1) is 6.61 Å². The summed E-state index contributed by atoms with van der Waals surface area (Å²) in [4.78, 5) is 0. The molecule has 2 atom stereocenters. The molecule has 2 aromatic rings. The van der Waals surface area contributed by atoms with Gasteiger partial charge < -0.3 is 15.6 Å². The molecule has 1 aliphatic carbocycles. The fourth-order valence-corrected chi connectivity index (χ4v) is 3.27. The predicted octanol–water partition coefficient (Wildman–Crippen LogP) is 3.10. The summed E-state index contributed by atoms with van der Waals surface area (Å²) in [6.45, 7) is 0.891. The molecule has 0 spiro atoms. The molecule has 0 aliphatic heterocycles. The maximum absolute atomic E-state index is 14.3. The van der Waals surface area contributed by atoms with Crippen LogP contribution < -0.4 is 10.5 Å². The summed E-state index contributed by atoms with van der Waals surface area (Å²) >= 11 is 0. The third kappa shape index (κ3) is 2.53. The van der Waals surface area contributed by atoms with E-state index in [-0.39, 0.29) is 11.1 Å². The van der Waals surface area contributed by atoms with Crippen molar-refractivity contribution in [1.82, 2.24) is 0 Å². The normalized spacial score (nSPS) is 19.3. The minimum atomic E-state index is -3.41. The van der Waals surface area contributed by atoms with Crippen LogP contribution in [0, 0.1) is 0 Å². The highest BCUT2D eigenvalue weighted by atomic mass is 31.0. The molecule has 3 rings (SSSR count). The minimum absolute atomic E-state index is 0.156. The molecule has 3 nitrogen and oxygen atoms in total. The van der Waals surface area contributed by atoms with Gasteiger partial charge in [-0.2, -0.15) is 8.78 Å². The summed E-state index contributed by atoms with van der Waals surface area (Å²) in [5, 5.41) is 10.9. The van der Waals surface area contributed by atoms with Crippen molar-refractivity contribution in [3.05, 3.63) is 53.6 Å². The van der Waals surface area contributed by atoms with E-state index in [9.17, 15) is 13.9 Å². The molecular formula is C17H18F2NO2P. The number of rotatable bonds is 5. The molecule has 3 N–H and O–H groups in total. The first-order chi connectivity index (χ1) is 10.9. The van der Waals surface area contributed by atoms with Crippen molar-refractivity contribution in [1.29, 1.82) is 0 Å². The number of nitrogens with two attached hydrogens (primary N) is 1. The van der Waals surface area contributed by atoms with Crippen LogP contribution in [0.5, 0.6) is 5.75 Å². The van der Waals surface area contributed by atoms with Gasteiger partial charge in [-0.3, -0.25) is 0 Å². The average molecular weight is 337 g/mol. The smallest absolute Gasteiger partial charge is 0.295 e. The monoisotopic (exact) mass is 337 g/mol. The van der Waals surface area contributed by atoms with Gasteiger partial charge in [0, 0.05) is 11.1 Å². The maximum atomic E-state index is 14.3. The number of ether oxygens (including phenoxy) is 1. The van der Waals surface area contributed by atoms with Crippen molar-refractivity contribution in [3.8, 4) is 16.9 Å². The Balaban J connectivity index is 2.12. The highest BCUT2D eigenvalue weighted by molar-refractivity contribution is 7.18. The molecule has 0 heterocycles. The summed E-state index contributed by atoms with van der Waals surface area (Å²) in [6, 6.07) is 11.6. The van der Waals surface area contributed by atoms with Crippen molar-refractivity contribution >= 4 is 9.24 Å². The molecule has 122 valence electrons. The lowest BCUT2D eigenvalue weighted by atomic mass is 9.91. The van der Waals surface area contributed by atoms with Gasteiger partial charge in [-0.1, -0.05) is 39.6 Å². The van der Waals surface area contributed by atoms with Gasteiger partial charge in [-0.25, -0.2) is 0 Å². The second kappa shape index (κ2) is 5.82. The van der Waals surface area contributed by atoms with Gasteiger partial charge in [0.2, 0.25) is 0 Å². The Morgan fingerprint density at radius 3 is 2.52 bits per heavy atom. The summed E-state index contributed by atoms with van der Waals surface area (Å²) < 4.78 is 34.1. The van der Waals surface area contributed by atoms with Crippen LogP contribution in [-0.4, -0.2) is 23.9 Å². The van der Waals surface area contributed by atoms with E-state index in [2.05, 4.69) is 0 Å². The Morgan fingerprint density at radius 2 is 1.83 bits per heavy atom. The molecular weight excluding hydrogens is 319 g/mol. The first-order valence-electron chi connectivity index (χ1n) is 7.36. The van der Waals surface area contributed by atoms with Gasteiger partial charge in [0.15, 0.2) is 5.60 Å². The number of hydrogen-bond donors (Lipinski definition) is 2. The lowest BCUT2D eigenvalue weighted by Crippen LogP contribution is -2.40. The Kier molecular flexibility index (Phi) is 4.13. The Bertz CT molecular complexity index is 733.